The van der Waals surface area contributed by atoms with Crippen LogP contribution >= 0.6 is 0 Å². The summed E-state index contributed by atoms with van der Waals surface area (Å²) in [6, 6.07) is 4.71. The second-order valence-electron chi connectivity index (χ2n) is 3.21. The molecule has 0 amide bonds. The molecule has 96 valence electrons. The Morgan fingerprint density at radius 3 is 2.53 bits per heavy atom. The van der Waals surface area contributed by atoms with Crippen LogP contribution in [0, 0.1) is 0 Å². The van der Waals surface area contributed by atoms with E-state index in [2.05, 4.69) is 0 Å². The number of hydrogen-bond acceptors (Lipinski definition) is 3. The Hall–Kier alpha value is -1.11. The van der Waals surface area contributed by atoms with Crippen molar-refractivity contribution in [3.8, 4) is 0 Å². The minimum absolute atomic E-state index is 0.260. The Bertz CT molecular complexity index is 352. The lowest BCUT2D eigenvalue weighted by molar-refractivity contribution is -0.178. The molecule has 0 radical (unpaired) electrons. The first kappa shape index (κ1) is 14.0. The number of rotatable bonds is 5. The first-order valence-corrected chi connectivity index (χ1v) is 5.00. The predicted molar refractivity (Wildman–Crippen MR) is 54.0 cm³/mol. The smallest absolute Gasteiger partial charge is 0.364 e. The van der Waals surface area contributed by atoms with Gasteiger partial charge in [0.05, 0.1) is 5.56 Å². The largest absolute Gasteiger partial charge is 0.416 e. The standard InChI is InChI=1S/C11H13F3O3/c1-2-16-7-17-10(15)8-5-3-4-6-9(8)11(12,13)14/h3-6,10,15H,2,7H2,1H3. The van der Waals surface area contributed by atoms with Crippen molar-refractivity contribution in [1.82, 2.24) is 0 Å². The molecule has 0 saturated carbocycles. The minimum Gasteiger partial charge on any atom is -0.364 e. The van der Waals surface area contributed by atoms with Crippen molar-refractivity contribution in [2.75, 3.05) is 13.4 Å². The first-order valence-electron chi connectivity index (χ1n) is 5.00. The van der Waals surface area contributed by atoms with E-state index in [-0.39, 0.29) is 12.4 Å². The summed E-state index contributed by atoms with van der Waals surface area (Å²) in [6.45, 7) is 1.80. The van der Waals surface area contributed by atoms with E-state index in [1.54, 1.807) is 6.92 Å². The Kier molecular flexibility index (Phi) is 4.92. The van der Waals surface area contributed by atoms with Gasteiger partial charge in [0.25, 0.3) is 0 Å². The van der Waals surface area contributed by atoms with Crippen LogP contribution in [0.2, 0.25) is 0 Å². The molecule has 0 bridgehead atoms. The molecule has 0 aliphatic rings. The number of hydrogen-bond donors (Lipinski definition) is 1. The molecule has 17 heavy (non-hydrogen) atoms. The molecule has 0 saturated heterocycles. The zero-order chi connectivity index (χ0) is 12.9. The fourth-order valence-electron chi connectivity index (χ4n) is 1.26. The highest BCUT2D eigenvalue weighted by Crippen LogP contribution is 2.34. The molecule has 0 aliphatic carbocycles. The van der Waals surface area contributed by atoms with Gasteiger partial charge in [0.2, 0.25) is 0 Å². The van der Waals surface area contributed by atoms with E-state index in [9.17, 15) is 18.3 Å². The van der Waals surface area contributed by atoms with Crippen LogP contribution in [-0.2, 0) is 15.7 Å². The number of aliphatic hydroxyl groups is 1. The van der Waals surface area contributed by atoms with E-state index >= 15 is 0 Å². The zero-order valence-electron chi connectivity index (χ0n) is 9.20. The fraction of sp³-hybridized carbons (Fsp3) is 0.455. The van der Waals surface area contributed by atoms with Gasteiger partial charge in [0.1, 0.15) is 6.79 Å². The lowest BCUT2D eigenvalue weighted by Gasteiger charge is -2.17. The molecule has 1 unspecified atom stereocenters. The lowest BCUT2D eigenvalue weighted by atomic mass is 10.1. The van der Waals surface area contributed by atoms with Crippen molar-refractivity contribution in [1.29, 1.82) is 0 Å². The summed E-state index contributed by atoms with van der Waals surface area (Å²) in [7, 11) is 0. The van der Waals surface area contributed by atoms with Gasteiger partial charge >= 0.3 is 6.18 Å². The summed E-state index contributed by atoms with van der Waals surface area (Å²) in [5, 5.41) is 9.49. The van der Waals surface area contributed by atoms with Gasteiger partial charge in [0.15, 0.2) is 6.29 Å². The quantitative estimate of drug-likeness (QED) is 0.645. The summed E-state index contributed by atoms with van der Waals surface area (Å²) in [5.74, 6) is 0. The SMILES string of the molecule is CCOCOC(O)c1ccccc1C(F)(F)F. The second kappa shape index (κ2) is 6.00. The van der Waals surface area contributed by atoms with Crippen molar-refractivity contribution in [2.24, 2.45) is 0 Å². The average molecular weight is 250 g/mol. The van der Waals surface area contributed by atoms with Crippen molar-refractivity contribution in [3.05, 3.63) is 35.4 Å². The van der Waals surface area contributed by atoms with Crippen LogP contribution in [0.4, 0.5) is 13.2 Å². The van der Waals surface area contributed by atoms with Gasteiger partial charge in [-0.1, -0.05) is 18.2 Å². The summed E-state index contributed by atoms with van der Waals surface area (Å²) in [4.78, 5) is 0. The van der Waals surface area contributed by atoms with Crippen LogP contribution in [0.1, 0.15) is 24.3 Å². The molecular formula is C11H13F3O3. The van der Waals surface area contributed by atoms with Crippen molar-refractivity contribution >= 4 is 0 Å². The topological polar surface area (TPSA) is 38.7 Å². The molecule has 1 aromatic carbocycles. The van der Waals surface area contributed by atoms with Crippen LogP contribution in [0.25, 0.3) is 0 Å². The molecule has 0 aromatic heterocycles. The molecule has 1 aromatic rings. The number of halogens is 3. The number of ether oxygens (including phenoxy) is 2. The first-order chi connectivity index (χ1) is 7.96. The third kappa shape index (κ3) is 3.99. The zero-order valence-corrected chi connectivity index (χ0v) is 9.20. The summed E-state index contributed by atoms with van der Waals surface area (Å²) in [5.41, 5.74) is -1.23. The Balaban J connectivity index is 2.82. The van der Waals surface area contributed by atoms with E-state index in [0.717, 1.165) is 6.07 Å². The van der Waals surface area contributed by atoms with E-state index in [4.69, 9.17) is 9.47 Å². The molecule has 0 spiro atoms. The molecular weight excluding hydrogens is 237 g/mol. The molecule has 0 aliphatic heterocycles. The summed E-state index contributed by atoms with van der Waals surface area (Å²) < 4.78 is 47.3. The normalized spacial score (nSPS) is 13.7. The van der Waals surface area contributed by atoms with Gasteiger partial charge < -0.3 is 14.6 Å². The Morgan fingerprint density at radius 1 is 1.29 bits per heavy atom. The maximum atomic E-state index is 12.6. The maximum absolute atomic E-state index is 12.6. The van der Waals surface area contributed by atoms with E-state index < -0.39 is 18.0 Å². The maximum Gasteiger partial charge on any atom is 0.416 e. The highest BCUT2D eigenvalue weighted by molar-refractivity contribution is 5.30. The van der Waals surface area contributed by atoms with Crippen LogP contribution in [-0.4, -0.2) is 18.5 Å². The third-order valence-electron chi connectivity index (χ3n) is 2.05. The van der Waals surface area contributed by atoms with Crippen molar-refractivity contribution in [3.63, 3.8) is 0 Å². The van der Waals surface area contributed by atoms with Crippen LogP contribution < -0.4 is 0 Å². The van der Waals surface area contributed by atoms with Crippen LogP contribution in [0.3, 0.4) is 0 Å². The number of benzene rings is 1. The third-order valence-corrected chi connectivity index (χ3v) is 2.05. The number of aliphatic hydroxyl groups excluding tert-OH is 1. The fourth-order valence-corrected chi connectivity index (χ4v) is 1.26. The Morgan fingerprint density at radius 2 is 1.94 bits per heavy atom. The summed E-state index contributed by atoms with van der Waals surface area (Å²) in [6.07, 6.45) is -6.17. The molecule has 3 nitrogen and oxygen atoms in total. The van der Waals surface area contributed by atoms with E-state index in [1.165, 1.54) is 18.2 Å². The van der Waals surface area contributed by atoms with Gasteiger partial charge in [-0.05, 0) is 13.0 Å². The van der Waals surface area contributed by atoms with E-state index in [0.29, 0.717) is 6.61 Å². The predicted octanol–water partition coefficient (Wildman–Crippen LogP) is 2.71. The van der Waals surface area contributed by atoms with Crippen LogP contribution in [0.5, 0.6) is 0 Å². The van der Waals surface area contributed by atoms with Gasteiger partial charge in [-0.3, -0.25) is 0 Å². The van der Waals surface area contributed by atoms with Gasteiger partial charge in [-0.15, -0.1) is 0 Å². The van der Waals surface area contributed by atoms with Gasteiger partial charge in [-0.25, -0.2) is 0 Å². The summed E-state index contributed by atoms with van der Waals surface area (Å²) >= 11 is 0. The lowest BCUT2D eigenvalue weighted by Crippen LogP contribution is -2.14. The second-order valence-corrected chi connectivity index (χ2v) is 3.21. The molecule has 6 heteroatoms. The Labute approximate surface area is 96.8 Å². The van der Waals surface area contributed by atoms with Crippen molar-refractivity contribution < 1.29 is 27.8 Å². The molecule has 1 N–H and O–H groups in total. The number of alkyl halides is 3. The molecule has 1 rings (SSSR count). The van der Waals surface area contributed by atoms with Gasteiger partial charge in [0, 0.05) is 12.2 Å². The van der Waals surface area contributed by atoms with E-state index in [1.807, 2.05) is 0 Å². The molecule has 1 atom stereocenters. The monoisotopic (exact) mass is 250 g/mol. The highest BCUT2D eigenvalue weighted by atomic mass is 19.4. The molecule has 0 heterocycles. The minimum atomic E-state index is -4.52. The van der Waals surface area contributed by atoms with Crippen LogP contribution in [0.15, 0.2) is 24.3 Å². The average Bonchev–Trinajstić information content (AvgIpc) is 2.28. The highest BCUT2D eigenvalue weighted by Gasteiger charge is 2.34. The van der Waals surface area contributed by atoms with Gasteiger partial charge in [-0.2, -0.15) is 13.2 Å². The molecule has 0 fully saturated rings. The van der Waals surface area contributed by atoms with Crippen molar-refractivity contribution in [2.45, 2.75) is 19.4 Å².